The first-order valence-corrected chi connectivity index (χ1v) is 9.77. The minimum atomic E-state index is -0.0633. The zero-order valence-corrected chi connectivity index (χ0v) is 16.7. The summed E-state index contributed by atoms with van der Waals surface area (Å²) in [7, 11) is 0. The molecule has 5 nitrogen and oxygen atoms in total. The number of rotatable bonds is 7. The van der Waals surface area contributed by atoms with Crippen molar-refractivity contribution in [1.82, 2.24) is 4.98 Å². The molecule has 1 heterocycles. The number of aromatic amines is 1. The fourth-order valence-electron chi connectivity index (χ4n) is 3.35. The smallest absolute Gasteiger partial charge is 0.251 e. The lowest BCUT2D eigenvalue weighted by molar-refractivity contribution is -0.116. The molecule has 0 unspecified atom stereocenters. The van der Waals surface area contributed by atoms with E-state index in [0.717, 1.165) is 40.9 Å². The van der Waals surface area contributed by atoms with E-state index in [4.69, 9.17) is 0 Å². The second-order valence-corrected chi connectivity index (χ2v) is 6.97. The molecule has 5 heteroatoms. The zero-order valence-electron chi connectivity index (χ0n) is 16.7. The Morgan fingerprint density at radius 3 is 2.43 bits per heavy atom. The second-order valence-electron chi connectivity index (χ2n) is 6.97. The van der Waals surface area contributed by atoms with E-state index in [-0.39, 0.29) is 11.5 Å². The molecule has 2 aromatic carbocycles. The van der Waals surface area contributed by atoms with E-state index in [2.05, 4.69) is 29.0 Å². The molecule has 0 radical (unpaired) electrons. The van der Waals surface area contributed by atoms with Crippen molar-refractivity contribution in [1.29, 1.82) is 0 Å². The van der Waals surface area contributed by atoms with Gasteiger partial charge in [-0.1, -0.05) is 6.07 Å². The van der Waals surface area contributed by atoms with E-state index in [9.17, 15) is 9.59 Å². The summed E-state index contributed by atoms with van der Waals surface area (Å²) in [5.74, 6) is -0.00617. The van der Waals surface area contributed by atoms with Gasteiger partial charge in [-0.25, -0.2) is 0 Å². The van der Waals surface area contributed by atoms with E-state index in [0.29, 0.717) is 18.4 Å². The number of aryl methyl sites for hydroxylation is 2. The van der Waals surface area contributed by atoms with Crippen molar-refractivity contribution in [2.45, 2.75) is 33.6 Å². The van der Waals surface area contributed by atoms with Gasteiger partial charge in [0.25, 0.3) is 5.56 Å². The number of nitrogens with zero attached hydrogens (tertiary/aromatic N) is 1. The van der Waals surface area contributed by atoms with Crippen molar-refractivity contribution < 1.29 is 4.79 Å². The summed E-state index contributed by atoms with van der Waals surface area (Å²) in [5, 5.41) is 3.95. The van der Waals surface area contributed by atoms with Crippen molar-refractivity contribution in [3.8, 4) is 0 Å². The highest BCUT2D eigenvalue weighted by molar-refractivity contribution is 5.91. The molecule has 0 bridgehead atoms. The molecule has 146 valence electrons. The molecular weight excluding hydrogens is 350 g/mol. The molecule has 1 aromatic heterocycles. The van der Waals surface area contributed by atoms with E-state index < -0.39 is 0 Å². The third kappa shape index (κ3) is 4.60. The van der Waals surface area contributed by atoms with Crippen LogP contribution in [0.1, 0.15) is 31.4 Å². The van der Waals surface area contributed by atoms with Gasteiger partial charge in [0, 0.05) is 42.0 Å². The molecule has 0 aliphatic rings. The SMILES string of the molecule is CCN(CC)c1ccc(NC(=O)CCc2ccc3[nH]c(=O)c(C)cc3c2)cc1. The largest absolute Gasteiger partial charge is 0.372 e. The highest BCUT2D eigenvalue weighted by Gasteiger charge is 2.06. The lowest BCUT2D eigenvalue weighted by Crippen LogP contribution is -2.21. The van der Waals surface area contributed by atoms with Crippen LogP contribution in [0.4, 0.5) is 11.4 Å². The molecule has 0 fully saturated rings. The molecule has 3 rings (SSSR count). The van der Waals surface area contributed by atoms with Crippen LogP contribution >= 0.6 is 0 Å². The number of fused-ring (bicyclic) bond motifs is 1. The summed E-state index contributed by atoms with van der Waals surface area (Å²) >= 11 is 0. The quantitative estimate of drug-likeness (QED) is 0.647. The molecule has 3 aromatic rings. The predicted molar refractivity (Wildman–Crippen MR) is 116 cm³/mol. The van der Waals surface area contributed by atoms with Crippen molar-refractivity contribution in [2.75, 3.05) is 23.3 Å². The lowest BCUT2D eigenvalue weighted by atomic mass is 10.1. The van der Waals surface area contributed by atoms with Crippen LogP contribution in [-0.2, 0) is 11.2 Å². The van der Waals surface area contributed by atoms with E-state index in [1.807, 2.05) is 48.5 Å². The van der Waals surface area contributed by atoms with Gasteiger partial charge in [-0.05, 0) is 80.6 Å². The monoisotopic (exact) mass is 377 g/mol. The number of amides is 1. The Hall–Kier alpha value is -3.08. The number of benzene rings is 2. The Bertz CT molecular complexity index is 1020. The molecule has 0 aliphatic carbocycles. The molecule has 0 saturated carbocycles. The van der Waals surface area contributed by atoms with E-state index >= 15 is 0 Å². The minimum absolute atomic E-state index is 0.00617. The lowest BCUT2D eigenvalue weighted by Gasteiger charge is -2.21. The van der Waals surface area contributed by atoms with Gasteiger partial charge >= 0.3 is 0 Å². The van der Waals surface area contributed by atoms with Crippen molar-refractivity contribution >= 4 is 28.2 Å². The maximum absolute atomic E-state index is 12.3. The summed E-state index contributed by atoms with van der Waals surface area (Å²) in [6.45, 7) is 7.97. The Morgan fingerprint density at radius 1 is 1.04 bits per heavy atom. The Morgan fingerprint density at radius 2 is 1.75 bits per heavy atom. The number of hydrogen-bond acceptors (Lipinski definition) is 3. The van der Waals surface area contributed by atoms with Gasteiger partial charge in [-0.15, -0.1) is 0 Å². The summed E-state index contributed by atoms with van der Waals surface area (Å²) in [6.07, 6.45) is 1.06. The van der Waals surface area contributed by atoms with Crippen molar-refractivity contribution in [3.05, 3.63) is 70.0 Å². The summed E-state index contributed by atoms with van der Waals surface area (Å²) in [5.41, 5.74) is 4.49. The van der Waals surface area contributed by atoms with Gasteiger partial charge in [-0.3, -0.25) is 9.59 Å². The Kier molecular flexibility index (Phi) is 6.14. The van der Waals surface area contributed by atoms with Gasteiger partial charge in [-0.2, -0.15) is 0 Å². The molecule has 28 heavy (non-hydrogen) atoms. The van der Waals surface area contributed by atoms with Crippen LogP contribution in [0.5, 0.6) is 0 Å². The standard InChI is InChI=1S/C23H27N3O2/c1-4-26(5-2)20-10-8-19(9-11-20)24-22(27)13-7-17-6-12-21-18(15-17)14-16(3)23(28)25-21/h6,8-12,14-15H,4-5,7,13H2,1-3H3,(H,24,27)(H,25,28). The van der Waals surface area contributed by atoms with E-state index in [1.165, 1.54) is 0 Å². The number of anilines is 2. The summed E-state index contributed by atoms with van der Waals surface area (Å²) < 4.78 is 0. The molecule has 0 atom stereocenters. The average molecular weight is 377 g/mol. The van der Waals surface area contributed by atoms with Gasteiger partial charge in [0.15, 0.2) is 0 Å². The van der Waals surface area contributed by atoms with Crippen LogP contribution in [0.2, 0.25) is 0 Å². The van der Waals surface area contributed by atoms with Crippen LogP contribution in [-0.4, -0.2) is 24.0 Å². The maximum atomic E-state index is 12.3. The topological polar surface area (TPSA) is 65.2 Å². The fraction of sp³-hybridized carbons (Fsp3) is 0.304. The van der Waals surface area contributed by atoms with Crippen LogP contribution in [0, 0.1) is 6.92 Å². The number of H-pyrrole nitrogens is 1. The Labute approximate surface area is 165 Å². The van der Waals surface area contributed by atoms with Gasteiger partial charge in [0.05, 0.1) is 0 Å². The normalized spacial score (nSPS) is 10.8. The van der Waals surface area contributed by atoms with Crippen molar-refractivity contribution in [2.24, 2.45) is 0 Å². The number of aromatic nitrogens is 1. The average Bonchev–Trinajstić information content (AvgIpc) is 2.69. The van der Waals surface area contributed by atoms with Crippen molar-refractivity contribution in [3.63, 3.8) is 0 Å². The molecule has 0 aliphatic heterocycles. The fourth-order valence-corrected chi connectivity index (χ4v) is 3.35. The summed E-state index contributed by atoms with van der Waals surface area (Å²) in [6, 6.07) is 15.7. The Balaban J connectivity index is 1.60. The first-order valence-electron chi connectivity index (χ1n) is 9.77. The number of pyridine rings is 1. The minimum Gasteiger partial charge on any atom is -0.372 e. The predicted octanol–water partition coefficient (Wildman–Crippen LogP) is 4.25. The number of hydrogen-bond donors (Lipinski definition) is 2. The van der Waals surface area contributed by atoms with Crippen LogP contribution in [0.3, 0.4) is 0 Å². The van der Waals surface area contributed by atoms with Crippen LogP contribution < -0.4 is 15.8 Å². The number of nitrogens with one attached hydrogen (secondary N) is 2. The van der Waals surface area contributed by atoms with Gasteiger partial charge in [0.2, 0.25) is 5.91 Å². The second kappa shape index (κ2) is 8.74. The first kappa shape index (κ1) is 19.7. The maximum Gasteiger partial charge on any atom is 0.251 e. The zero-order chi connectivity index (χ0) is 20.1. The molecule has 0 saturated heterocycles. The molecular formula is C23H27N3O2. The third-order valence-corrected chi connectivity index (χ3v) is 5.01. The van der Waals surface area contributed by atoms with E-state index in [1.54, 1.807) is 6.92 Å². The number of carbonyl (C=O) groups is 1. The van der Waals surface area contributed by atoms with Crippen LogP contribution in [0.15, 0.2) is 53.3 Å². The highest BCUT2D eigenvalue weighted by atomic mass is 16.1. The molecule has 2 N–H and O–H groups in total. The van der Waals surface area contributed by atoms with Gasteiger partial charge < -0.3 is 15.2 Å². The summed E-state index contributed by atoms with van der Waals surface area (Å²) in [4.78, 5) is 29.1. The number of carbonyl (C=O) groups excluding carboxylic acids is 1. The molecule has 0 spiro atoms. The molecule has 1 amide bonds. The van der Waals surface area contributed by atoms with Crippen LogP contribution in [0.25, 0.3) is 10.9 Å². The first-order chi connectivity index (χ1) is 13.5. The third-order valence-electron chi connectivity index (χ3n) is 5.01. The highest BCUT2D eigenvalue weighted by Crippen LogP contribution is 2.19. The van der Waals surface area contributed by atoms with Gasteiger partial charge in [0.1, 0.15) is 0 Å².